The van der Waals surface area contributed by atoms with E-state index < -0.39 is 0 Å². The minimum atomic E-state index is 0.194. The van der Waals surface area contributed by atoms with Gasteiger partial charge < -0.3 is 4.85 Å². The van der Waals surface area contributed by atoms with E-state index in [1.807, 2.05) is 36.4 Å². The standard InChI is InChI=1S/C15H13N/c1-16-12-15(13-8-4-2-5-9-13)14-10-6-3-7-11-14/h2-11,15H,12H2. The van der Waals surface area contributed by atoms with Gasteiger partial charge in [0.05, 0.1) is 5.92 Å². The van der Waals surface area contributed by atoms with Crippen LogP contribution in [0.5, 0.6) is 0 Å². The molecule has 0 N–H and O–H groups in total. The Hall–Kier alpha value is -2.07. The highest BCUT2D eigenvalue weighted by Gasteiger charge is 2.15. The molecule has 2 rings (SSSR count). The lowest BCUT2D eigenvalue weighted by molar-refractivity contribution is 0.886. The third kappa shape index (κ3) is 2.29. The average molecular weight is 207 g/mol. The van der Waals surface area contributed by atoms with Gasteiger partial charge in [0.1, 0.15) is 0 Å². The second-order valence-electron chi connectivity index (χ2n) is 3.71. The fraction of sp³-hybridized carbons (Fsp3) is 0.133. The molecule has 0 atom stereocenters. The summed E-state index contributed by atoms with van der Waals surface area (Å²) in [5, 5.41) is 0. The van der Waals surface area contributed by atoms with E-state index in [-0.39, 0.29) is 5.92 Å². The zero-order valence-corrected chi connectivity index (χ0v) is 9.01. The van der Waals surface area contributed by atoms with Gasteiger partial charge in [-0.05, 0) is 11.1 Å². The van der Waals surface area contributed by atoms with Crippen LogP contribution in [0.2, 0.25) is 0 Å². The van der Waals surface area contributed by atoms with Crippen LogP contribution in [0, 0.1) is 6.57 Å². The summed E-state index contributed by atoms with van der Waals surface area (Å²) in [7, 11) is 0. The van der Waals surface area contributed by atoms with Crippen molar-refractivity contribution in [1.82, 2.24) is 0 Å². The lowest BCUT2D eigenvalue weighted by Gasteiger charge is -2.11. The molecule has 0 radical (unpaired) electrons. The zero-order chi connectivity index (χ0) is 11.2. The van der Waals surface area contributed by atoms with E-state index in [4.69, 9.17) is 6.57 Å². The molecule has 0 spiro atoms. The molecule has 16 heavy (non-hydrogen) atoms. The highest BCUT2D eigenvalue weighted by molar-refractivity contribution is 5.33. The fourth-order valence-corrected chi connectivity index (χ4v) is 1.87. The molecule has 0 bridgehead atoms. The summed E-state index contributed by atoms with van der Waals surface area (Å²) in [6.45, 7) is 7.56. The molecule has 2 aromatic rings. The van der Waals surface area contributed by atoms with Crippen molar-refractivity contribution in [2.45, 2.75) is 5.92 Å². The first-order valence-electron chi connectivity index (χ1n) is 5.35. The van der Waals surface area contributed by atoms with Gasteiger partial charge in [0.15, 0.2) is 0 Å². The first-order valence-corrected chi connectivity index (χ1v) is 5.35. The van der Waals surface area contributed by atoms with Crippen LogP contribution in [-0.4, -0.2) is 6.54 Å². The minimum absolute atomic E-state index is 0.194. The molecule has 0 aliphatic heterocycles. The topological polar surface area (TPSA) is 4.36 Å². The molecular formula is C15H13N. The molecule has 2 aromatic carbocycles. The Balaban J connectivity index is 2.36. The van der Waals surface area contributed by atoms with E-state index in [2.05, 4.69) is 29.1 Å². The Morgan fingerprint density at radius 1 is 0.812 bits per heavy atom. The van der Waals surface area contributed by atoms with Crippen LogP contribution in [0.15, 0.2) is 60.7 Å². The van der Waals surface area contributed by atoms with Crippen LogP contribution in [0.1, 0.15) is 17.0 Å². The van der Waals surface area contributed by atoms with E-state index >= 15 is 0 Å². The van der Waals surface area contributed by atoms with Gasteiger partial charge in [-0.15, -0.1) is 0 Å². The number of hydrogen-bond acceptors (Lipinski definition) is 0. The highest BCUT2D eigenvalue weighted by Crippen LogP contribution is 2.24. The molecule has 0 saturated carbocycles. The van der Waals surface area contributed by atoms with Crippen LogP contribution in [0.4, 0.5) is 0 Å². The average Bonchev–Trinajstić information content (AvgIpc) is 2.38. The molecule has 0 heterocycles. The van der Waals surface area contributed by atoms with Crippen molar-refractivity contribution in [3.63, 3.8) is 0 Å². The molecule has 0 aromatic heterocycles. The summed E-state index contributed by atoms with van der Waals surface area (Å²) in [5.74, 6) is 0.194. The van der Waals surface area contributed by atoms with Crippen molar-refractivity contribution >= 4 is 0 Å². The first kappa shape index (κ1) is 10.4. The van der Waals surface area contributed by atoms with Crippen molar-refractivity contribution < 1.29 is 0 Å². The third-order valence-corrected chi connectivity index (χ3v) is 2.68. The summed E-state index contributed by atoms with van der Waals surface area (Å²) < 4.78 is 0. The van der Waals surface area contributed by atoms with Gasteiger partial charge in [-0.2, -0.15) is 0 Å². The van der Waals surface area contributed by atoms with E-state index in [9.17, 15) is 0 Å². The van der Waals surface area contributed by atoms with Gasteiger partial charge in [0.2, 0.25) is 6.54 Å². The second kappa shape index (κ2) is 5.14. The van der Waals surface area contributed by atoms with E-state index in [1.54, 1.807) is 0 Å². The zero-order valence-electron chi connectivity index (χ0n) is 9.01. The van der Waals surface area contributed by atoms with E-state index in [0.717, 1.165) is 0 Å². The number of nitrogens with zero attached hydrogens (tertiary/aromatic N) is 1. The summed E-state index contributed by atoms with van der Waals surface area (Å²) in [4.78, 5) is 3.54. The SMILES string of the molecule is [C-]#[N+]CC(c1ccccc1)c1ccccc1. The lowest BCUT2D eigenvalue weighted by atomic mass is 9.91. The maximum Gasteiger partial charge on any atom is 0.225 e. The van der Waals surface area contributed by atoms with E-state index in [0.29, 0.717) is 6.54 Å². The quantitative estimate of drug-likeness (QED) is 0.675. The maximum absolute atomic E-state index is 7.06. The Kier molecular flexibility index (Phi) is 3.35. The van der Waals surface area contributed by atoms with Crippen molar-refractivity contribution in [3.05, 3.63) is 83.2 Å². The fourth-order valence-electron chi connectivity index (χ4n) is 1.87. The predicted molar refractivity (Wildman–Crippen MR) is 66.2 cm³/mol. The molecule has 0 fully saturated rings. The molecule has 0 amide bonds. The predicted octanol–water partition coefficient (Wildman–Crippen LogP) is 3.74. The van der Waals surface area contributed by atoms with Gasteiger partial charge in [-0.1, -0.05) is 60.7 Å². The Morgan fingerprint density at radius 3 is 1.62 bits per heavy atom. The molecule has 0 aliphatic rings. The van der Waals surface area contributed by atoms with Gasteiger partial charge in [0, 0.05) is 0 Å². The summed E-state index contributed by atoms with van der Waals surface area (Å²) in [6, 6.07) is 20.4. The van der Waals surface area contributed by atoms with Crippen molar-refractivity contribution in [1.29, 1.82) is 0 Å². The minimum Gasteiger partial charge on any atom is -0.316 e. The Bertz CT molecular complexity index is 428. The number of rotatable bonds is 3. The smallest absolute Gasteiger partial charge is 0.225 e. The second-order valence-corrected chi connectivity index (χ2v) is 3.71. The molecule has 1 heteroatoms. The van der Waals surface area contributed by atoms with Crippen LogP contribution < -0.4 is 0 Å². The molecular weight excluding hydrogens is 194 g/mol. The van der Waals surface area contributed by atoms with Crippen LogP contribution >= 0.6 is 0 Å². The highest BCUT2D eigenvalue weighted by atomic mass is 14.6. The normalized spacial score (nSPS) is 10.0. The number of benzene rings is 2. The first-order chi connectivity index (χ1) is 7.92. The van der Waals surface area contributed by atoms with Gasteiger partial charge >= 0.3 is 0 Å². The summed E-state index contributed by atoms with van der Waals surface area (Å²) in [5.41, 5.74) is 2.43. The van der Waals surface area contributed by atoms with Gasteiger partial charge in [0.25, 0.3) is 0 Å². The van der Waals surface area contributed by atoms with Crippen molar-refractivity contribution in [2.24, 2.45) is 0 Å². The van der Waals surface area contributed by atoms with Crippen LogP contribution in [0.25, 0.3) is 4.85 Å². The van der Waals surface area contributed by atoms with E-state index in [1.165, 1.54) is 11.1 Å². The molecule has 0 aliphatic carbocycles. The Morgan fingerprint density at radius 2 is 1.25 bits per heavy atom. The van der Waals surface area contributed by atoms with Gasteiger partial charge in [-0.25, -0.2) is 6.57 Å². The molecule has 78 valence electrons. The number of hydrogen-bond donors (Lipinski definition) is 0. The monoisotopic (exact) mass is 207 g/mol. The summed E-state index contributed by atoms with van der Waals surface area (Å²) >= 11 is 0. The third-order valence-electron chi connectivity index (χ3n) is 2.68. The van der Waals surface area contributed by atoms with Crippen molar-refractivity contribution in [2.75, 3.05) is 6.54 Å². The lowest BCUT2D eigenvalue weighted by Crippen LogP contribution is -2.03. The van der Waals surface area contributed by atoms with Crippen LogP contribution in [-0.2, 0) is 0 Å². The molecule has 0 unspecified atom stereocenters. The maximum atomic E-state index is 7.06. The van der Waals surface area contributed by atoms with Gasteiger partial charge in [-0.3, -0.25) is 0 Å². The molecule has 0 saturated heterocycles. The largest absolute Gasteiger partial charge is 0.316 e. The summed E-state index contributed by atoms with van der Waals surface area (Å²) in [6.07, 6.45) is 0. The Labute approximate surface area is 96.2 Å². The van der Waals surface area contributed by atoms with Crippen molar-refractivity contribution in [3.8, 4) is 0 Å². The van der Waals surface area contributed by atoms with Crippen LogP contribution in [0.3, 0.4) is 0 Å². The molecule has 1 nitrogen and oxygen atoms in total.